The van der Waals surface area contributed by atoms with E-state index >= 15 is 0 Å². The predicted octanol–water partition coefficient (Wildman–Crippen LogP) is 3.62. The average Bonchev–Trinajstić information content (AvgIpc) is 2.58. The zero-order chi connectivity index (χ0) is 19.5. The molecule has 2 aromatic rings. The summed E-state index contributed by atoms with van der Waals surface area (Å²) in [6.45, 7) is 3.18. The molecule has 140 valence electrons. The predicted molar refractivity (Wildman–Crippen MR) is 103 cm³/mol. The van der Waals surface area contributed by atoms with Crippen LogP contribution in [0.1, 0.15) is 12.5 Å². The fourth-order valence-corrected chi connectivity index (χ4v) is 3.99. The summed E-state index contributed by atoms with van der Waals surface area (Å²) in [7, 11) is -2.60. The Kier molecular flexibility index (Phi) is 6.52. The fourth-order valence-electron chi connectivity index (χ4n) is 2.18. The zero-order valence-electron chi connectivity index (χ0n) is 14.3. The van der Waals surface area contributed by atoms with E-state index in [1.807, 2.05) is 0 Å². The Balaban J connectivity index is 2.20. The minimum absolute atomic E-state index is 0.0413. The van der Waals surface area contributed by atoms with Gasteiger partial charge in [-0.3, -0.25) is 4.79 Å². The molecular weight excluding hydrogens is 399 g/mol. The largest absolute Gasteiger partial charge is 0.495 e. The molecule has 1 atom stereocenters. The molecule has 0 saturated carbocycles. The van der Waals surface area contributed by atoms with Gasteiger partial charge < -0.3 is 10.1 Å². The Morgan fingerprint density at radius 3 is 2.54 bits per heavy atom. The Labute approximate surface area is 162 Å². The molecular formula is C17H18Cl2N2O4S. The van der Waals surface area contributed by atoms with E-state index in [4.69, 9.17) is 27.9 Å². The summed E-state index contributed by atoms with van der Waals surface area (Å²) in [5, 5.41) is 3.01. The molecule has 0 bridgehead atoms. The maximum absolute atomic E-state index is 12.6. The Hall–Kier alpha value is -1.80. The van der Waals surface area contributed by atoms with Gasteiger partial charge in [0.25, 0.3) is 0 Å². The van der Waals surface area contributed by atoms with Gasteiger partial charge in [-0.05, 0) is 43.7 Å². The third-order valence-corrected chi connectivity index (χ3v) is 5.92. The summed E-state index contributed by atoms with van der Waals surface area (Å²) in [6.07, 6.45) is 0. The maximum Gasteiger partial charge on any atom is 0.244 e. The van der Waals surface area contributed by atoms with Crippen molar-refractivity contribution in [2.45, 2.75) is 24.8 Å². The number of rotatable bonds is 6. The van der Waals surface area contributed by atoms with Gasteiger partial charge in [0.1, 0.15) is 10.6 Å². The molecule has 2 N–H and O–H groups in total. The number of carbonyl (C=O) groups is 1. The van der Waals surface area contributed by atoms with E-state index in [-0.39, 0.29) is 20.7 Å². The number of nitrogens with one attached hydrogen (secondary N) is 2. The van der Waals surface area contributed by atoms with Crippen molar-refractivity contribution in [3.8, 4) is 5.75 Å². The van der Waals surface area contributed by atoms with Crippen molar-refractivity contribution in [1.82, 2.24) is 4.72 Å². The van der Waals surface area contributed by atoms with Crippen LogP contribution < -0.4 is 14.8 Å². The first-order chi connectivity index (χ1) is 12.2. The van der Waals surface area contributed by atoms with Gasteiger partial charge in [0, 0.05) is 0 Å². The molecule has 2 aromatic carbocycles. The molecule has 0 heterocycles. The summed E-state index contributed by atoms with van der Waals surface area (Å²) < 4.78 is 32.7. The minimum Gasteiger partial charge on any atom is -0.495 e. The highest BCUT2D eigenvalue weighted by molar-refractivity contribution is 7.89. The number of anilines is 1. The number of hydrogen-bond acceptors (Lipinski definition) is 4. The summed E-state index contributed by atoms with van der Waals surface area (Å²) in [5.74, 6) is -0.391. The molecule has 9 heteroatoms. The second-order valence-corrected chi connectivity index (χ2v) is 8.06. The van der Waals surface area contributed by atoms with E-state index in [2.05, 4.69) is 10.0 Å². The van der Waals surface area contributed by atoms with Gasteiger partial charge in [-0.2, -0.15) is 4.72 Å². The van der Waals surface area contributed by atoms with E-state index in [0.29, 0.717) is 5.69 Å². The van der Waals surface area contributed by atoms with Gasteiger partial charge in [0.05, 0.1) is 28.9 Å². The lowest BCUT2D eigenvalue weighted by Gasteiger charge is -2.17. The number of methoxy groups -OCH3 is 1. The van der Waals surface area contributed by atoms with Crippen LogP contribution in [-0.4, -0.2) is 27.5 Å². The highest BCUT2D eigenvalue weighted by atomic mass is 35.5. The number of halogens is 2. The second-order valence-electron chi connectivity index (χ2n) is 5.59. The van der Waals surface area contributed by atoms with Gasteiger partial charge in [-0.25, -0.2) is 8.42 Å². The summed E-state index contributed by atoms with van der Waals surface area (Å²) >= 11 is 11.9. The lowest BCUT2D eigenvalue weighted by Crippen LogP contribution is -2.41. The molecule has 2 rings (SSSR count). The summed E-state index contributed by atoms with van der Waals surface area (Å²) in [4.78, 5) is 12.3. The van der Waals surface area contributed by atoms with Crippen LogP contribution in [0.2, 0.25) is 10.0 Å². The molecule has 1 amide bonds. The van der Waals surface area contributed by atoms with Crippen LogP contribution >= 0.6 is 23.2 Å². The molecule has 0 fully saturated rings. The van der Waals surface area contributed by atoms with Crippen molar-refractivity contribution in [2.75, 3.05) is 12.4 Å². The topological polar surface area (TPSA) is 84.5 Å². The van der Waals surface area contributed by atoms with Crippen molar-refractivity contribution < 1.29 is 17.9 Å². The smallest absolute Gasteiger partial charge is 0.244 e. The molecule has 0 saturated heterocycles. The van der Waals surface area contributed by atoms with E-state index in [9.17, 15) is 13.2 Å². The molecule has 0 unspecified atom stereocenters. The number of aryl methyl sites for hydroxylation is 1. The van der Waals surface area contributed by atoms with Crippen LogP contribution in [0, 0.1) is 6.92 Å². The zero-order valence-corrected chi connectivity index (χ0v) is 16.7. The Morgan fingerprint density at radius 2 is 1.88 bits per heavy atom. The highest BCUT2D eigenvalue weighted by Crippen LogP contribution is 2.29. The molecule has 0 aromatic heterocycles. The molecule has 0 radical (unpaired) electrons. The quantitative estimate of drug-likeness (QED) is 0.752. The van der Waals surface area contributed by atoms with Crippen molar-refractivity contribution >= 4 is 44.8 Å². The first-order valence-corrected chi connectivity index (χ1v) is 9.81. The lowest BCUT2D eigenvalue weighted by atomic mass is 10.2. The van der Waals surface area contributed by atoms with Crippen molar-refractivity contribution in [3.63, 3.8) is 0 Å². The Bertz CT molecular complexity index is 932. The number of hydrogen-bond donors (Lipinski definition) is 2. The first-order valence-electron chi connectivity index (χ1n) is 7.57. The van der Waals surface area contributed by atoms with E-state index < -0.39 is 22.0 Å². The van der Waals surface area contributed by atoms with Crippen LogP contribution in [0.25, 0.3) is 0 Å². The first kappa shape index (κ1) is 20.5. The Morgan fingerprint density at radius 1 is 1.19 bits per heavy atom. The fraction of sp³-hybridized carbons (Fsp3) is 0.235. The van der Waals surface area contributed by atoms with Crippen molar-refractivity contribution in [3.05, 3.63) is 52.0 Å². The highest BCUT2D eigenvalue weighted by Gasteiger charge is 2.25. The van der Waals surface area contributed by atoms with Crippen LogP contribution in [0.4, 0.5) is 5.69 Å². The molecule has 0 aliphatic rings. The molecule has 6 nitrogen and oxygen atoms in total. The number of sulfonamides is 1. The maximum atomic E-state index is 12.6. The molecule has 26 heavy (non-hydrogen) atoms. The van der Waals surface area contributed by atoms with Gasteiger partial charge in [-0.1, -0.05) is 35.3 Å². The lowest BCUT2D eigenvalue weighted by molar-refractivity contribution is -0.117. The van der Waals surface area contributed by atoms with Crippen molar-refractivity contribution in [1.29, 1.82) is 0 Å². The number of benzene rings is 2. The number of ether oxygens (including phenoxy) is 1. The van der Waals surface area contributed by atoms with Gasteiger partial charge >= 0.3 is 0 Å². The number of carbonyl (C=O) groups excluding carboxylic acids is 1. The minimum atomic E-state index is -3.98. The average molecular weight is 417 g/mol. The standard InChI is InChI=1S/C17H18Cl2N2O4S/c1-10-7-8-14(25-3)15(9-10)26(23,24)21-11(2)17(22)20-13-6-4-5-12(18)16(13)19/h4-9,11,21H,1-3H3,(H,20,22)/t11-/m0/s1. The molecule has 0 aliphatic carbocycles. The molecule has 0 aliphatic heterocycles. The van der Waals surface area contributed by atoms with Gasteiger partial charge in [0.2, 0.25) is 15.9 Å². The van der Waals surface area contributed by atoms with Crippen LogP contribution in [0.5, 0.6) is 5.75 Å². The molecule has 0 spiro atoms. The van der Waals surface area contributed by atoms with E-state index in [1.165, 1.54) is 20.1 Å². The van der Waals surface area contributed by atoms with E-state index in [0.717, 1.165) is 5.56 Å². The number of amides is 1. The normalized spacial score (nSPS) is 12.5. The summed E-state index contributed by atoms with van der Waals surface area (Å²) in [6, 6.07) is 8.47. The van der Waals surface area contributed by atoms with Crippen LogP contribution in [0.3, 0.4) is 0 Å². The third kappa shape index (κ3) is 4.67. The monoisotopic (exact) mass is 416 g/mol. The second kappa shape index (κ2) is 8.26. The van der Waals surface area contributed by atoms with Gasteiger partial charge in [-0.15, -0.1) is 0 Å². The van der Waals surface area contributed by atoms with Crippen LogP contribution in [-0.2, 0) is 14.8 Å². The van der Waals surface area contributed by atoms with E-state index in [1.54, 1.807) is 37.3 Å². The summed E-state index contributed by atoms with van der Waals surface area (Å²) in [5.41, 5.74) is 1.04. The van der Waals surface area contributed by atoms with Gasteiger partial charge in [0.15, 0.2) is 0 Å². The third-order valence-electron chi connectivity index (χ3n) is 3.54. The van der Waals surface area contributed by atoms with Crippen molar-refractivity contribution in [2.24, 2.45) is 0 Å². The van der Waals surface area contributed by atoms with Crippen LogP contribution in [0.15, 0.2) is 41.3 Å². The SMILES string of the molecule is COc1ccc(C)cc1S(=O)(=O)N[C@@H](C)C(=O)Nc1cccc(Cl)c1Cl.